The van der Waals surface area contributed by atoms with Crippen molar-refractivity contribution in [1.29, 1.82) is 0 Å². The van der Waals surface area contributed by atoms with Gasteiger partial charge in [0.15, 0.2) is 0 Å². The molecule has 0 aromatic carbocycles. The quantitative estimate of drug-likeness (QED) is 0.438. The van der Waals surface area contributed by atoms with Crippen LogP contribution in [0, 0.1) is 5.41 Å². The van der Waals surface area contributed by atoms with E-state index in [1.54, 1.807) is 11.1 Å². The van der Waals surface area contributed by atoms with Gasteiger partial charge in [-0.05, 0) is 79.4 Å². The number of hydrogen-bond donors (Lipinski definition) is 0. The first-order valence-corrected chi connectivity index (χ1v) is 10.9. The average molecular weight is 361 g/mol. The molecule has 0 aliphatic heterocycles. The van der Waals surface area contributed by atoms with Crippen molar-refractivity contribution in [1.82, 2.24) is 0 Å². The minimum Gasteiger partial charge on any atom is -0.0844 e. The van der Waals surface area contributed by atoms with Gasteiger partial charge < -0.3 is 0 Å². The van der Waals surface area contributed by atoms with Crippen LogP contribution in [0.4, 0.5) is 0 Å². The second-order valence-corrected chi connectivity index (χ2v) is 7.34. The molecular formula is C26H48. The first-order chi connectivity index (χ1) is 12.3. The highest BCUT2D eigenvalue weighted by atomic mass is 14.4. The van der Waals surface area contributed by atoms with Crippen molar-refractivity contribution in [3.8, 4) is 0 Å². The molecular weight excluding hydrogens is 312 g/mol. The van der Waals surface area contributed by atoms with Gasteiger partial charge in [0.2, 0.25) is 0 Å². The maximum absolute atomic E-state index is 2.30. The molecule has 1 rings (SSSR count). The van der Waals surface area contributed by atoms with E-state index in [9.17, 15) is 0 Å². The molecule has 1 saturated carbocycles. The SMILES string of the molecule is C/C=C(/C)C(=C(C)C)C1(C(=C(C)C)/C(C)=C\C)CCCCC1.CC.CC. The van der Waals surface area contributed by atoms with Gasteiger partial charge in [0, 0.05) is 5.41 Å². The van der Waals surface area contributed by atoms with Gasteiger partial charge in [0.1, 0.15) is 0 Å². The van der Waals surface area contributed by atoms with Crippen molar-refractivity contribution in [2.24, 2.45) is 5.41 Å². The zero-order valence-corrected chi connectivity index (χ0v) is 20.2. The maximum atomic E-state index is 2.30. The van der Waals surface area contributed by atoms with E-state index < -0.39 is 0 Å². The summed E-state index contributed by atoms with van der Waals surface area (Å²) in [7, 11) is 0. The van der Waals surface area contributed by atoms with Crippen molar-refractivity contribution in [2.75, 3.05) is 0 Å². The van der Waals surface area contributed by atoms with E-state index in [-0.39, 0.29) is 5.41 Å². The molecule has 0 heterocycles. The van der Waals surface area contributed by atoms with Crippen LogP contribution in [0.3, 0.4) is 0 Å². The fraction of sp³-hybridized carbons (Fsp3) is 0.692. The molecule has 0 heteroatoms. The summed E-state index contributed by atoms with van der Waals surface area (Å²) in [4.78, 5) is 0. The van der Waals surface area contributed by atoms with Crippen LogP contribution in [0.15, 0.2) is 45.6 Å². The summed E-state index contributed by atoms with van der Waals surface area (Å²) in [5, 5.41) is 0. The molecule has 0 amide bonds. The lowest BCUT2D eigenvalue weighted by atomic mass is 9.59. The van der Waals surface area contributed by atoms with Gasteiger partial charge in [-0.1, -0.05) is 81.4 Å². The summed E-state index contributed by atoms with van der Waals surface area (Å²) < 4.78 is 0. The lowest BCUT2D eigenvalue weighted by molar-refractivity contribution is 0.291. The minimum atomic E-state index is 0.225. The monoisotopic (exact) mass is 360 g/mol. The van der Waals surface area contributed by atoms with Gasteiger partial charge in [-0.2, -0.15) is 0 Å². The molecule has 0 saturated heterocycles. The Morgan fingerprint density at radius 3 is 1.12 bits per heavy atom. The van der Waals surface area contributed by atoms with E-state index in [0.717, 1.165) is 0 Å². The zero-order chi connectivity index (χ0) is 20.9. The smallest absolute Gasteiger partial charge is 0.0206 e. The van der Waals surface area contributed by atoms with Crippen molar-refractivity contribution in [3.05, 3.63) is 45.6 Å². The average Bonchev–Trinajstić information content (AvgIpc) is 2.65. The summed E-state index contributed by atoms with van der Waals surface area (Å²) in [6, 6.07) is 0. The molecule has 0 atom stereocenters. The largest absolute Gasteiger partial charge is 0.0844 e. The Bertz CT molecular complexity index is 464. The topological polar surface area (TPSA) is 0 Å². The Hall–Kier alpha value is -1.04. The molecule has 1 aliphatic carbocycles. The summed E-state index contributed by atoms with van der Waals surface area (Å²) in [6.07, 6.45) is 11.3. The Morgan fingerprint density at radius 1 is 0.577 bits per heavy atom. The third-order valence-electron chi connectivity index (χ3n) is 5.32. The van der Waals surface area contributed by atoms with E-state index in [2.05, 4.69) is 67.5 Å². The van der Waals surface area contributed by atoms with E-state index in [1.165, 1.54) is 54.4 Å². The second kappa shape index (κ2) is 14.1. The van der Waals surface area contributed by atoms with Crippen LogP contribution in [0.5, 0.6) is 0 Å². The fourth-order valence-electron chi connectivity index (χ4n) is 4.57. The van der Waals surface area contributed by atoms with E-state index in [4.69, 9.17) is 0 Å². The number of rotatable bonds is 4. The standard InChI is InChI=1S/C22H36.2C2H6/c1-9-18(7)20(16(3)4)22(14-12-11-13-15-22)21(17(5)6)19(8)10-2;2*1-2/h9-10H,11-15H2,1-8H3;2*1-2H3/b18-9-,19-10-;;. The molecule has 0 nitrogen and oxygen atoms in total. The minimum absolute atomic E-state index is 0.225. The van der Waals surface area contributed by atoms with Gasteiger partial charge in [0.25, 0.3) is 0 Å². The first kappa shape index (κ1) is 27.2. The Labute approximate surface area is 166 Å². The van der Waals surface area contributed by atoms with Crippen molar-refractivity contribution in [3.63, 3.8) is 0 Å². The highest BCUT2D eigenvalue weighted by Gasteiger charge is 2.40. The Kier molecular flexibility index (Phi) is 14.7. The molecule has 26 heavy (non-hydrogen) atoms. The summed E-state index contributed by atoms with van der Waals surface area (Å²) >= 11 is 0. The summed E-state index contributed by atoms with van der Waals surface area (Å²) in [6.45, 7) is 26.1. The summed E-state index contributed by atoms with van der Waals surface area (Å²) in [5.41, 5.74) is 9.33. The van der Waals surface area contributed by atoms with Crippen LogP contribution < -0.4 is 0 Å². The molecule has 152 valence electrons. The van der Waals surface area contributed by atoms with E-state index >= 15 is 0 Å². The fourth-order valence-corrected chi connectivity index (χ4v) is 4.57. The highest BCUT2D eigenvalue weighted by Crippen LogP contribution is 2.54. The van der Waals surface area contributed by atoms with Gasteiger partial charge in [-0.15, -0.1) is 0 Å². The van der Waals surface area contributed by atoms with E-state index in [0.29, 0.717) is 0 Å². The molecule has 0 radical (unpaired) electrons. The van der Waals surface area contributed by atoms with Crippen LogP contribution >= 0.6 is 0 Å². The molecule has 0 N–H and O–H groups in total. The number of hydrogen-bond acceptors (Lipinski definition) is 0. The van der Waals surface area contributed by atoms with Crippen molar-refractivity contribution < 1.29 is 0 Å². The predicted molar refractivity (Wildman–Crippen MR) is 124 cm³/mol. The van der Waals surface area contributed by atoms with E-state index in [1.807, 2.05) is 27.7 Å². The maximum Gasteiger partial charge on any atom is 0.0206 e. The zero-order valence-electron chi connectivity index (χ0n) is 20.2. The van der Waals surface area contributed by atoms with Crippen LogP contribution in [0.2, 0.25) is 0 Å². The van der Waals surface area contributed by atoms with Crippen molar-refractivity contribution >= 4 is 0 Å². The molecule has 0 unspecified atom stereocenters. The predicted octanol–water partition coefficient (Wildman–Crippen LogP) is 9.59. The van der Waals surface area contributed by atoms with Crippen LogP contribution in [0.25, 0.3) is 0 Å². The molecule has 1 aliphatic rings. The lowest BCUT2D eigenvalue weighted by Crippen LogP contribution is -2.31. The summed E-state index contributed by atoms with van der Waals surface area (Å²) in [5.74, 6) is 0. The number of allylic oxidation sites excluding steroid dienone is 8. The third-order valence-corrected chi connectivity index (χ3v) is 5.32. The van der Waals surface area contributed by atoms with Gasteiger partial charge in [-0.3, -0.25) is 0 Å². The molecule has 1 fully saturated rings. The normalized spacial score (nSPS) is 16.5. The highest BCUT2D eigenvalue weighted by molar-refractivity contribution is 5.51. The molecule has 0 spiro atoms. The third kappa shape index (κ3) is 6.60. The van der Waals surface area contributed by atoms with Crippen molar-refractivity contribution in [2.45, 2.75) is 115 Å². The Morgan fingerprint density at radius 2 is 0.885 bits per heavy atom. The van der Waals surface area contributed by atoms with Crippen LogP contribution in [-0.2, 0) is 0 Å². The Balaban J connectivity index is 0. The lowest BCUT2D eigenvalue weighted by Gasteiger charge is -2.44. The van der Waals surface area contributed by atoms with Crippen LogP contribution in [-0.4, -0.2) is 0 Å². The first-order valence-electron chi connectivity index (χ1n) is 10.9. The van der Waals surface area contributed by atoms with Gasteiger partial charge in [-0.25, -0.2) is 0 Å². The molecule has 0 bridgehead atoms. The molecule has 0 aromatic rings. The second-order valence-electron chi connectivity index (χ2n) is 7.34. The van der Waals surface area contributed by atoms with Gasteiger partial charge in [0.05, 0.1) is 0 Å². The van der Waals surface area contributed by atoms with Gasteiger partial charge >= 0.3 is 0 Å². The molecule has 0 aromatic heterocycles. The van der Waals surface area contributed by atoms with Crippen LogP contribution in [0.1, 0.15) is 115 Å².